The molecule has 0 aromatic carbocycles. The van der Waals surface area contributed by atoms with Gasteiger partial charge in [-0.05, 0) is 56.3 Å². The molecule has 0 amide bonds. The highest BCUT2D eigenvalue weighted by molar-refractivity contribution is 5.14. The second-order valence-electron chi connectivity index (χ2n) is 8.09. The second kappa shape index (κ2) is 5.68. The van der Waals surface area contributed by atoms with Gasteiger partial charge in [0, 0.05) is 0 Å². The van der Waals surface area contributed by atoms with E-state index in [1.165, 1.54) is 12.8 Å². The van der Waals surface area contributed by atoms with Crippen LogP contribution < -0.4 is 0 Å². The lowest BCUT2D eigenvalue weighted by atomic mass is 9.57. The summed E-state index contributed by atoms with van der Waals surface area (Å²) in [6, 6.07) is 2.58. The van der Waals surface area contributed by atoms with Gasteiger partial charge in [0.05, 0.1) is 17.1 Å². The van der Waals surface area contributed by atoms with Crippen molar-refractivity contribution < 1.29 is 5.11 Å². The monoisotopic (exact) mass is 277 g/mol. The van der Waals surface area contributed by atoms with Gasteiger partial charge in [0.25, 0.3) is 0 Å². The van der Waals surface area contributed by atoms with Crippen LogP contribution in [-0.2, 0) is 0 Å². The van der Waals surface area contributed by atoms with Crippen LogP contribution in [0.2, 0.25) is 0 Å². The van der Waals surface area contributed by atoms with Gasteiger partial charge in [-0.15, -0.1) is 0 Å². The van der Waals surface area contributed by atoms with Gasteiger partial charge in [0.1, 0.15) is 0 Å². The van der Waals surface area contributed by atoms with Gasteiger partial charge in [-0.25, -0.2) is 0 Å². The van der Waals surface area contributed by atoms with Gasteiger partial charge in [0.2, 0.25) is 0 Å². The highest BCUT2D eigenvalue weighted by Gasteiger charge is 2.53. The van der Waals surface area contributed by atoms with E-state index in [0.29, 0.717) is 5.41 Å². The number of aliphatic hydroxyl groups is 1. The maximum absolute atomic E-state index is 11.3. The van der Waals surface area contributed by atoms with Crippen LogP contribution in [0.5, 0.6) is 0 Å². The number of nitrogens with zero attached hydrogens (tertiary/aromatic N) is 1. The highest BCUT2D eigenvalue weighted by atomic mass is 16.3. The summed E-state index contributed by atoms with van der Waals surface area (Å²) in [5, 5.41) is 21.1. The summed E-state index contributed by atoms with van der Waals surface area (Å²) in [5.41, 5.74) is -0.874. The third kappa shape index (κ3) is 2.89. The zero-order valence-corrected chi connectivity index (χ0v) is 13.5. The first-order valence-electron chi connectivity index (χ1n) is 8.50. The van der Waals surface area contributed by atoms with Crippen molar-refractivity contribution in [3.8, 4) is 6.07 Å². The van der Waals surface area contributed by atoms with E-state index in [0.717, 1.165) is 57.3 Å². The molecule has 2 saturated carbocycles. The summed E-state index contributed by atoms with van der Waals surface area (Å²) in [4.78, 5) is 0. The van der Waals surface area contributed by atoms with Crippen molar-refractivity contribution in [1.29, 1.82) is 5.26 Å². The summed E-state index contributed by atoms with van der Waals surface area (Å²) in [6.45, 7) is 6.83. The smallest absolute Gasteiger partial charge is 0.0860 e. The topological polar surface area (TPSA) is 44.0 Å². The Morgan fingerprint density at radius 1 is 1.05 bits per heavy atom. The Hall–Kier alpha value is -0.550. The first-order valence-corrected chi connectivity index (χ1v) is 8.50. The molecule has 0 aliphatic heterocycles. The van der Waals surface area contributed by atoms with E-state index in [-0.39, 0.29) is 0 Å². The van der Waals surface area contributed by atoms with Gasteiger partial charge in [-0.3, -0.25) is 0 Å². The molecule has 2 fully saturated rings. The predicted molar refractivity (Wildman–Crippen MR) is 82.1 cm³/mol. The maximum Gasteiger partial charge on any atom is 0.0860 e. The molecule has 0 aromatic rings. The van der Waals surface area contributed by atoms with Crippen molar-refractivity contribution in [3.63, 3.8) is 0 Å². The van der Waals surface area contributed by atoms with Crippen LogP contribution in [0.3, 0.4) is 0 Å². The standard InChI is InChI=1S/C18H31NO/c1-4-15-6-5-8-18(20,9-7-15)17(14-19)12-10-16(2,3)11-13-17/h15,20H,4-13H2,1-3H3. The Balaban J connectivity index is 2.16. The van der Waals surface area contributed by atoms with Crippen molar-refractivity contribution in [2.75, 3.05) is 0 Å². The fraction of sp³-hybridized carbons (Fsp3) is 0.944. The van der Waals surface area contributed by atoms with Crippen LogP contribution in [0, 0.1) is 28.1 Å². The van der Waals surface area contributed by atoms with Crippen LogP contribution >= 0.6 is 0 Å². The van der Waals surface area contributed by atoms with Crippen LogP contribution in [0.4, 0.5) is 0 Å². The molecule has 2 rings (SSSR count). The van der Waals surface area contributed by atoms with E-state index in [1.54, 1.807) is 0 Å². The molecule has 114 valence electrons. The van der Waals surface area contributed by atoms with E-state index < -0.39 is 11.0 Å². The quantitative estimate of drug-likeness (QED) is 0.735. The highest BCUT2D eigenvalue weighted by Crippen LogP contribution is 2.54. The molecule has 2 nitrogen and oxygen atoms in total. The molecule has 1 N–H and O–H groups in total. The van der Waals surface area contributed by atoms with Crippen molar-refractivity contribution in [3.05, 3.63) is 0 Å². The first kappa shape index (κ1) is 15.8. The Bertz CT molecular complexity index is 371. The lowest BCUT2D eigenvalue weighted by molar-refractivity contribution is -0.0954. The third-order valence-corrected chi connectivity index (χ3v) is 6.31. The zero-order chi connectivity index (χ0) is 14.9. The van der Waals surface area contributed by atoms with Gasteiger partial charge >= 0.3 is 0 Å². The van der Waals surface area contributed by atoms with Crippen LogP contribution in [-0.4, -0.2) is 10.7 Å². The fourth-order valence-corrected chi connectivity index (χ4v) is 4.32. The SMILES string of the molecule is CCC1CCCC(O)(C2(C#N)CCC(C)(C)CC2)CC1. The molecule has 2 atom stereocenters. The molecule has 20 heavy (non-hydrogen) atoms. The summed E-state index contributed by atoms with van der Waals surface area (Å²) >= 11 is 0. The van der Waals surface area contributed by atoms with Crippen LogP contribution in [0.25, 0.3) is 0 Å². The normalized spacial score (nSPS) is 36.9. The largest absolute Gasteiger partial charge is 0.388 e. The Morgan fingerprint density at radius 3 is 2.25 bits per heavy atom. The summed E-state index contributed by atoms with van der Waals surface area (Å²) in [5.74, 6) is 0.750. The Kier molecular flexibility index (Phi) is 4.50. The molecule has 2 aliphatic rings. The number of hydrogen-bond donors (Lipinski definition) is 1. The molecule has 2 unspecified atom stereocenters. The minimum absolute atomic E-state index is 0.341. The molecule has 2 aliphatic carbocycles. The number of rotatable bonds is 2. The predicted octanol–water partition coefficient (Wildman–Crippen LogP) is 4.82. The van der Waals surface area contributed by atoms with Gasteiger partial charge < -0.3 is 5.11 Å². The summed E-state index contributed by atoms with van der Waals surface area (Å²) < 4.78 is 0. The van der Waals surface area contributed by atoms with E-state index in [9.17, 15) is 10.4 Å². The van der Waals surface area contributed by atoms with E-state index in [4.69, 9.17) is 0 Å². The minimum Gasteiger partial charge on any atom is -0.388 e. The van der Waals surface area contributed by atoms with E-state index in [2.05, 4.69) is 26.8 Å². The first-order chi connectivity index (χ1) is 9.36. The van der Waals surface area contributed by atoms with Crippen molar-refractivity contribution in [2.45, 2.75) is 90.6 Å². The molecule has 2 heteroatoms. The minimum atomic E-state index is -0.734. The van der Waals surface area contributed by atoms with Crippen molar-refractivity contribution in [2.24, 2.45) is 16.7 Å². The Morgan fingerprint density at radius 2 is 1.70 bits per heavy atom. The van der Waals surface area contributed by atoms with E-state index in [1.807, 2.05) is 0 Å². The van der Waals surface area contributed by atoms with Crippen molar-refractivity contribution in [1.82, 2.24) is 0 Å². The summed E-state index contributed by atoms with van der Waals surface area (Å²) in [7, 11) is 0. The fourth-order valence-electron chi connectivity index (χ4n) is 4.32. The van der Waals surface area contributed by atoms with E-state index >= 15 is 0 Å². The second-order valence-corrected chi connectivity index (χ2v) is 8.09. The lowest BCUT2D eigenvalue weighted by Gasteiger charge is -2.48. The van der Waals surface area contributed by atoms with Crippen molar-refractivity contribution >= 4 is 0 Å². The molecule has 0 radical (unpaired) electrons. The molecular formula is C18H31NO. The average Bonchev–Trinajstić information content (AvgIpc) is 2.62. The zero-order valence-electron chi connectivity index (χ0n) is 13.5. The lowest BCUT2D eigenvalue weighted by Crippen LogP contribution is -2.50. The average molecular weight is 277 g/mol. The molecule has 0 heterocycles. The van der Waals surface area contributed by atoms with Crippen LogP contribution in [0.15, 0.2) is 0 Å². The molecule has 0 bridgehead atoms. The summed E-state index contributed by atoms with van der Waals surface area (Å²) in [6.07, 6.45) is 10.2. The maximum atomic E-state index is 11.3. The number of hydrogen-bond acceptors (Lipinski definition) is 2. The van der Waals surface area contributed by atoms with Gasteiger partial charge in [-0.1, -0.05) is 40.0 Å². The molecular weight excluding hydrogens is 246 g/mol. The molecule has 0 aromatic heterocycles. The van der Waals surface area contributed by atoms with Gasteiger partial charge in [0.15, 0.2) is 0 Å². The third-order valence-electron chi connectivity index (χ3n) is 6.31. The molecule has 0 spiro atoms. The molecule has 0 saturated heterocycles. The van der Waals surface area contributed by atoms with Crippen LogP contribution in [0.1, 0.15) is 85.0 Å². The van der Waals surface area contributed by atoms with Gasteiger partial charge in [-0.2, -0.15) is 5.26 Å². The number of nitriles is 1. The Labute approximate surface area is 124 Å².